The number of aromatic nitrogens is 5. The lowest BCUT2D eigenvalue weighted by molar-refractivity contribution is 0.0728. The Morgan fingerprint density at radius 2 is 1.02 bits per heavy atom. The van der Waals surface area contributed by atoms with Gasteiger partial charge in [0, 0.05) is 18.2 Å². The van der Waals surface area contributed by atoms with Crippen LogP contribution in [-0.4, -0.2) is 101 Å². The van der Waals surface area contributed by atoms with Crippen molar-refractivity contribution in [3.63, 3.8) is 0 Å². The van der Waals surface area contributed by atoms with Crippen molar-refractivity contribution in [2.75, 3.05) is 49.4 Å². The highest BCUT2D eigenvalue weighted by Gasteiger charge is 2.41. The molecule has 6 unspecified atom stereocenters. The highest BCUT2D eigenvalue weighted by atomic mass is 35.5. The highest BCUT2D eigenvalue weighted by molar-refractivity contribution is 6.33. The van der Waals surface area contributed by atoms with E-state index in [-0.39, 0.29) is 15.9 Å². The van der Waals surface area contributed by atoms with Crippen LogP contribution in [0.15, 0.2) is 6.07 Å². The van der Waals surface area contributed by atoms with Gasteiger partial charge in [-0.3, -0.25) is 0 Å². The molecule has 0 radical (unpaired) electrons. The normalized spacial score (nSPS) is 31.8. The molecule has 0 amide bonds. The van der Waals surface area contributed by atoms with Crippen molar-refractivity contribution < 1.29 is 14.2 Å². The number of fused-ring (bicyclic) bond motifs is 6. The Labute approximate surface area is 253 Å². The van der Waals surface area contributed by atoms with E-state index in [1.165, 1.54) is 25.7 Å². The Morgan fingerprint density at radius 1 is 0.575 bits per heavy atom. The second-order valence-electron chi connectivity index (χ2n) is 10.8. The van der Waals surface area contributed by atoms with Gasteiger partial charge in [-0.2, -0.15) is 19.9 Å². The molecule has 2 aromatic rings. The van der Waals surface area contributed by atoms with Gasteiger partial charge in [0.05, 0.1) is 63.8 Å². The first-order valence-electron chi connectivity index (χ1n) is 13.8. The smallest absolute Gasteiger partial charge is 0.229 e. The summed E-state index contributed by atoms with van der Waals surface area (Å²) in [5.41, 5.74) is 0. The second-order valence-corrected chi connectivity index (χ2v) is 12.2. The summed E-state index contributed by atoms with van der Waals surface area (Å²) in [6, 6.07) is 4.91. The van der Waals surface area contributed by atoms with Crippen LogP contribution in [0.5, 0.6) is 0 Å². The van der Waals surface area contributed by atoms with E-state index in [1.807, 2.05) is 6.07 Å². The van der Waals surface area contributed by atoms with Gasteiger partial charge in [-0.05, 0) is 73.3 Å². The minimum absolute atomic E-state index is 0.000000000000000444. The van der Waals surface area contributed by atoms with E-state index in [0.29, 0.717) is 41.4 Å². The summed E-state index contributed by atoms with van der Waals surface area (Å²) in [6.45, 7) is 4.99. The molecule has 1 N–H and O–H groups in total. The maximum absolute atomic E-state index is 6.35. The molecule has 40 heavy (non-hydrogen) atoms. The van der Waals surface area contributed by atoms with Gasteiger partial charge < -0.3 is 29.3 Å². The molecule has 6 aliphatic rings. The summed E-state index contributed by atoms with van der Waals surface area (Å²) >= 11 is 22.3. The Bertz CT molecular complexity index is 1040. The lowest BCUT2D eigenvalue weighted by Crippen LogP contribution is -2.48. The Morgan fingerprint density at radius 3 is 1.50 bits per heavy atom. The van der Waals surface area contributed by atoms with Gasteiger partial charge in [-0.25, -0.2) is 4.98 Å². The summed E-state index contributed by atoms with van der Waals surface area (Å²) in [5, 5.41) is 3.99. The van der Waals surface area contributed by atoms with E-state index < -0.39 is 0 Å². The highest BCUT2D eigenvalue weighted by Crippen LogP contribution is 2.37. The standard InChI is InChI=1S/C16H21ClN4O2.C6H11NO.C3Cl3N3/c17-14-5-15(20-10-1-2-11(20)7-22-6-10)19-16(18-14)21-12-3-4-13(21)9-23-8-12;1-2-6-4-8-3-5(1)7-6;4-1-7-2(5)9-3(6)8-1/h5,10-13H,1-4,6-9H2;5-7H,1-4H2;. The van der Waals surface area contributed by atoms with Crippen LogP contribution < -0.4 is 15.1 Å². The van der Waals surface area contributed by atoms with Crippen molar-refractivity contribution >= 4 is 58.2 Å². The number of rotatable bonds is 2. The number of anilines is 2. The van der Waals surface area contributed by atoms with Gasteiger partial charge in [0.25, 0.3) is 0 Å². The van der Waals surface area contributed by atoms with Crippen LogP contribution in [0.1, 0.15) is 38.5 Å². The maximum Gasteiger partial charge on any atom is 0.229 e. The van der Waals surface area contributed by atoms with Crippen molar-refractivity contribution in [2.24, 2.45) is 0 Å². The molecule has 0 saturated carbocycles. The predicted molar refractivity (Wildman–Crippen MR) is 153 cm³/mol. The van der Waals surface area contributed by atoms with Crippen LogP contribution in [0.3, 0.4) is 0 Å². The summed E-state index contributed by atoms with van der Waals surface area (Å²) in [5.74, 6) is 1.73. The molecule has 0 aromatic carbocycles. The fourth-order valence-electron chi connectivity index (χ4n) is 6.42. The van der Waals surface area contributed by atoms with Crippen molar-refractivity contribution in [3.8, 4) is 0 Å². The van der Waals surface area contributed by atoms with Gasteiger partial charge in [0.2, 0.25) is 21.8 Å². The zero-order valence-corrected chi connectivity index (χ0v) is 24.9. The van der Waals surface area contributed by atoms with E-state index in [2.05, 4.69) is 35.1 Å². The molecule has 2 aromatic heterocycles. The lowest BCUT2D eigenvalue weighted by atomic mass is 10.2. The van der Waals surface area contributed by atoms with Crippen LogP contribution in [-0.2, 0) is 14.2 Å². The summed E-state index contributed by atoms with van der Waals surface area (Å²) in [4.78, 5) is 24.6. The molecule has 15 heteroatoms. The van der Waals surface area contributed by atoms with Crippen molar-refractivity contribution in [1.29, 1.82) is 0 Å². The van der Waals surface area contributed by atoms with E-state index >= 15 is 0 Å². The number of nitrogens with zero attached hydrogens (tertiary/aromatic N) is 7. The minimum atomic E-state index is 0.000000000000000444. The lowest BCUT2D eigenvalue weighted by Gasteiger charge is -2.38. The molecule has 218 valence electrons. The fraction of sp³-hybridized carbons (Fsp3) is 0.720. The summed E-state index contributed by atoms with van der Waals surface area (Å²) < 4.78 is 16.7. The number of halogens is 4. The van der Waals surface area contributed by atoms with Crippen molar-refractivity contribution in [3.05, 3.63) is 27.1 Å². The van der Waals surface area contributed by atoms with Gasteiger partial charge in [-0.1, -0.05) is 11.6 Å². The van der Waals surface area contributed by atoms with Crippen molar-refractivity contribution in [2.45, 2.75) is 74.8 Å². The van der Waals surface area contributed by atoms with E-state index in [9.17, 15) is 0 Å². The molecular formula is C25H32Cl4N8O3. The SMILES string of the molecule is C1CC2COCC1N2.Clc1cc(N2C3CCC2COC3)nc(N2C3CCC2COC3)n1.Clc1nc(Cl)nc(Cl)n1. The molecule has 6 aliphatic heterocycles. The van der Waals surface area contributed by atoms with Gasteiger partial charge in [-0.15, -0.1) is 0 Å². The molecule has 11 nitrogen and oxygen atoms in total. The van der Waals surface area contributed by atoms with Gasteiger partial charge in [0.15, 0.2) is 0 Å². The molecule has 6 atom stereocenters. The number of hydrogen-bond acceptors (Lipinski definition) is 11. The molecule has 8 heterocycles. The first kappa shape index (κ1) is 28.8. The number of morpholine rings is 3. The van der Waals surface area contributed by atoms with E-state index in [4.69, 9.17) is 65.6 Å². The average Bonchev–Trinajstić information content (AvgIpc) is 3.48. The Balaban J connectivity index is 0.000000139. The molecular weight excluding hydrogens is 602 g/mol. The largest absolute Gasteiger partial charge is 0.378 e. The molecule has 0 aliphatic carbocycles. The Kier molecular flexibility index (Phi) is 9.29. The monoisotopic (exact) mass is 632 g/mol. The molecule has 0 spiro atoms. The number of ether oxygens (including phenoxy) is 3. The molecule has 8 rings (SSSR count). The molecule has 6 fully saturated rings. The Hall–Kier alpha value is -1.31. The minimum Gasteiger partial charge on any atom is -0.378 e. The van der Waals surface area contributed by atoms with E-state index in [0.717, 1.165) is 64.2 Å². The first-order valence-corrected chi connectivity index (χ1v) is 15.3. The third-order valence-electron chi connectivity index (χ3n) is 8.17. The third-order valence-corrected chi connectivity index (χ3v) is 8.87. The third kappa shape index (κ3) is 6.67. The van der Waals surface area contributed by atoms with Crippen LogP contribution >= 0.6 is 46.4 Å². The molecule has 6 bridgehead atoms. The zero-order chi connectivity index (χ0) is 27.6. The van der Waals surface area contributed by atoms with Crippen molar-refractivity contribution in [1.82, 2.24) is 30.2 Å². The number of hydrogen-bond donors (Lipinski definition) is 1. The predicted octanol–water partition coefficient (Wildman–Crippen LogP) is 3.83. The first-order chi connectivity index (χ1) is 19.4. The fourth-order valence-corrected chi connectivity index (χ4v) is 7.20. The van der Waals surface area contributed by atoms with E-state index in [1.54, 1.807) is 0 Å². The van der Waals surface area contributed by atoms with Crippen LogP contribution in [0.2, 0.25) is 21.0 Å². The zero-order valence-electron chi connectivity index (χ0n) is 21.9. The van der Waals surface area contributed by atoms with Crippen LogP contribution in [0.4, 0.5) is 11.8 Å². The summed E-state index contributed by atoms with van der Waals surface area (Å²) in [6.07, 6.45) is 7.29. The van der Waals surface area contributed by atoms with Gasteiger partial charge >= 0.3 is 0 Å². The quantitative estimate of drug-likeness (QED) is 0.487. The average molecular weight is 634 g/mol. The van der Waals surface area contributed by atoms with Crippen LogP contribution in [0, 0.1) is 0 Å². The second kappa shape index (κ2) is 12.9. The molecule has 6 saturated heterocycles. The maximum atomic E-state index is 6.35. The topological polar surface area (TPSA) is 111 Å². The summed E-state index contributed by atoms with van der Waals surface area (Å²) in [7, 11) is 0. The van der Waals surface area contributed by atoms with Crippen LogP contribution in [0.25, 0.3) is 0 Å². The number of nitrogens with one attached hydrogen (secondary N) is 1. The van der Waals surface area contributed by atoms with Gasteiger partial charge in [0.1, 0.15) is 11.0 Å².